The summed E-state index contributed by atoms with van der Waals surface area (Å²) in [6.07, 6.45) is 0.985. The molecular weight excluding hydrogens is 478 g/mol. The number of rotatable bonds is 10. The Morgan fingerprint density at radius 1 is 1.03 bits per heavy atom. The molecule has 0 heterocycles. The van der Waals surface area contributed by atoms with E-state index in [1.165, 1.54) is 24.0 Å². The van der Waals surface area contributed by atoms with Gasteiger partial charge in [0.2, 0.25) is 21.8 Å². The Kier molecular flexibility index (Phi) is 9.23. The molecule has 0 aliphatic heterocycles. The number of Topliss-reactive ketones (excluding diaryl/α,β-unsaturated/α-hetero) is 1. The monoisotopic (exact) mass is 507 g/mol. The molecule has 0 aromatic heterocycles. The molecule has 184 valence electrons. The van der Waals surface area contributed by atoms with Gasteiger partial charge in [0.1, 0.15) is 12.6 Å². The van der Waals surface area contributed by atoms with Crippen LogP contribution in [0.5, 0.6) is 0 Å². The molecule has 0 radical (unpaired) electrons. The minimum absolute atomic E-state index is 0.0772. The summed E-state index contributed by atoms with van der Waals surface area (Å²) >= 11 is 5.96. The summed E-state index contributed by atoms with van der Waals surface area (Å²) in [4.78, 5) is 39.3. The van der Waals surface area contributed by atoms with Crippen LogP contribution in [0.4, 0.5) is 5.69 Å². The highest BCUT2D eigenvalue weighted by molar-refractivity contribution is 7.92. The van der Waals surface area contributed by atoms with Crippen LogP contribution in [0.15, 0.2) is 48.5 Å². The number of sulfonamides is 1. The first-order chi connectivity index (χ1) is 15.8. The van der Waals surface area contributed by atoms with Gasteiger partial charge >= 0.3 is 0 Å². The zero-order valence-electron chi connectivity index (χ0n) is 19.9. The number of hydrogen-bond donors (Lipinski definition) is 1. The Balaban J connectivity index is 2.42. The molecule has 0 aliphatic carbocycles. The zero-order valence-corrected chi connectivity index (χ0v) is 21.5. The second-order valence-electron chi connectivity index (χ2n) is 8.36. The van der Waals surface area contributed by atoms with Crippen LogP contribution in [0, 0.1) is 0 Å². The highest BCUT2D eigenvalue weighted by atomic mass is 35.5. The lowest BCUT2D eigenvalue weighted by molar-refractivity contribution is -0.139. The molecule has 1 N–H and O–H groups in total. The van der Waals surface area contributed by atoms with Crippen LogP contribution < -0.4 is 9.62 Å². The van der Waals surface area contributed by atoms with Crippen LogP contribution >= 0.6 is 11.6 Å². The molecule has 0 saturated heterocycles. The van der Waals surface area contributed by atoms with E-state index < -0.39 is 28.5 Å². The molecule has 0 aliphatic rings. The summed E-state index contributed by atoms with van der Waals surface area (Å²) in [5, 5.41) is 3.31. The summed E-state index contributed by atoms with van der Waals surface area (Å²) in [6, 6.07) is 11.9. The summed E-state index contributed by atoms with van der Waals surface area (Å²) in [5.41, 5.74) is 1.24. The Morgan fingerprint density at radius 3 is 2.18 bits per heavy atom. The molecule has 0 unspecified atom stereocenters. The average molecular weight is 508 g/mol. The van der Waals surface area contributed by atoms with Crippen LogP contribution in [-0.4, -0.2) is 55.8 Å². The molecule has 0 bridgehead atoms. The number of nitrogens with zero attached hydrogens (tertiary/aromatic N) is 2. The van der Waals surface area contributed by atoms with E-state index in [0.717, 1.165) is 16.1 Å². The van der Waals surface area contributed by atoms with E-state index in [0.29, 0.717) is 10.6 Å². The van der Waals surface area contributed by atoms with Crippen molar-refractivity contribution in [3.05, 3.63) is 64.7 Å². The standard InChI is InChI=1S/C24H30ClN3O5S/c1-16(2)26-24(31)17(3)27(14-19-9-11-21(25)12-10-19)23(30)15-28(34(5,32)33)22-8-6-7-20(13-22)18(4)29/h6-13,16-17H,14-15H2,1-5H3,(H,26,31)/t17-/m1/s1. The van der Waals surface area contributed by atoms with E-state index >= 15 is 0 Å². The number of nitrogens with one attached hydrogen (secondary N) is 1. The molecule has 2 amide bonds. The molecule has 0 spiro atoms. The zero-order chi connectivity index (χ0) is 25.6. The number of carbonyl (C=O) groups excluding carboxylic acids is 3. The first kappa shape index (κ1) is 27.3. The summed E-state index contributed by atoms with van der Waals surface area (Å²) in [7, 11) is -3.88. The lowest BCUT2D eigenvalue weighted by Crippen LogP contribution is -2.52. The van der Waals surface area contributed by atoms with E-state index in [2.05, 4.69) is 5.32 Å². The molecule has 0 fully saturated rings. The van der Waals surface area contributed by atoms with Gasteiger partial charge in [-0.05, 0) is 57.5 Å². The van der Waals surface area contributed by atoms with Gasteiger partial charge in [-0.2, -0.15) is 0 Å². The quantitative estimate of drug-likeness (QED) is 0.497. The van der Waals surface area contributed by atoms with Crippen molar-refractivity contribution >= 4 is 44.9 Å². The van der Waals surface area contributed by atoms with E-state index in [1.54, 1.807) is 43.3 Å². The maximum atomic E-state index is 13.4. The molecule has 2 aromatic carbocycles. The van der Waals surface area contributed by atoms with Gasteiger partial charge in [0.15, 0.2) is 5.78 Å². The Labute approximate surface area is 205 Å². The van der Waals surface area contributed by atoms with E-state index in [1.807, 2.05) is 13.8 Å². The topological polar surface area (TPSA) is 104 Å². The van der Waals surface area contributed by atoms with Gasteiger partial charge in [0.05, 0.1) is 11.9 Å². The molecule has 0 saturated carbocycles. The lowest BCUT2D eigenvalue weighted by Gasteiger charge is -2.32. The van der Waals surface area contributed by atoms with Crippen molar-refractivity contribution in [2.75, 3.05) is 17.1 Å². The molecule has 2 aromatic rings. The van der Waals surface area contributed by atoms with E-state index in [4.69, 9.17) is 11.6 Å². The number of hydrogen-bond acceptors (Lipinski definition) is 5. The van der Waals surface area contributed by atoms with Crippen LogP contribution in [0.3, 0.4) is 0 Å². The second-order valence-corrected chi connectivity index (χ2v) is 10.7. The van der Waals surface area contributed by atoms with Crippen molar-refractivity contribution in [3.63, 3.8) is 0 Å². The normalized spacial score (nSPS) is 12.2. The Hall–Kier alpha value is -2.91. The van der Waals surface area contributed by atoms with Crippen LogP contribution in [-0.2, 0) is 26.2 Å². The van der Waals surface area contributed by atoms with Gasteiger partial charge < -0.3 is 10.2 Å². The molecule has 34 heavy (non-hydrogen) atoms. The van der Waals surface area contributed by atoms with Crippen LogP contribution in [0.1, 0.15) is 43.6 Å². The number of amides is 2. The summed E-state index contributed by atoms with van der Waals surface area (Å²) < 4.78 is 26.1. The van der Waals surface area contributed by atoms with Gasteiger partial charge in [0, 0.05) is 23.2 Å². The summed E-state index contributed by atoms with van der Waals surface area (Å²) in [6.45, 7) is 6.12. The first-order valence-electron chi connectivity index (χ1n) is 10.7. The first-order valence-corrected chi connectivity index (χ1v) is 12.9. The highest BCUT2D eigenvalue weighted by Gasteiger charge is 2.30. The number of ketones is 1. The predicted molar refractivity (Wildman–Crippen MR) is 133 cm³/mol. The Morgan fingerprint density at radius 2 is 1.65 bits per heavy atom. The summed E-state index contributed by atoms with van der Waals surface area (Å²) in [5.74, 6) is -1.16. The van der Waals surface area contributed by atoms with Gasteiger partial charge in [-0.25, -0.2) is 8.42 Å². The maximum Gasteiger partial charge on any atom is 0.244 e. The minimum Gasteiger partial charge on any atom is -0.352 e. The van der Waals surface area contributed by atoms with Crippen molar-refractivity contribution in [3.8, 4) is 0 Å². The van der Waals surface area contributed by atoms with Gasteiger partial charge in [-0.1, -0.05) is 35.9 Å². The van der Waals surface area contributed by atoms with Crippen molar-refractivity contribution in [1.82, 2.24) is 10.2 Å². The van der Waals surface area contributed by atoms with Crippen molar-refractivity contribution in [1.29, 1.82) is 0 Å². The SMILES string of the molecule is CC(=O)c1cccc(N(CC(=O)N(Cc2ccc(Cl)cc2)[C@H](C)C(=O)NC(C)C)S(C)(=O)=O)c1. The van der Waals surface area contributed by atoms with Crippen molar-refractivity contribution in [2.24, 2.45) is 0 Å². The number of benzene rings is 2. The van der Waals surface area contributed by atoms with Crippen molar-refractivity contribution < 1.29 is 22.8 Å². The number of carbonyl (C=O) groups is 3. The van der Waals surface area contributed by atoms with Gasteiger partial charge in [-0.3, -0.25) is 18.7 Å². The van der Waals surface area contributed by atoms with Gasteiger partial charge in [-0.15, -0.1) is 0 Å². The second kappa shape index (κ2) is 11.5. The van der Waals surface area contributed by atoms with E-state index in [-0.39, 0.29) is 30.0 Å². The molecule has 8 nitrogen and oxygen atoms in total. The molecular formula is C24H30ClN3O5S. The fourth-order valence-electron chi connectivity index (χ4n) is 3.27. The van der Waals surface area contributed by atoms with E-state index in [9.17, 15) is 22.8 Å². The van der Waals surface area contributed by atoms with Crippen molar-refractivity contribution in [2.45, 2.75) is 46.3 Å². The third kappa shape index (κ3) is 7.56. The number of anilines is 1. The third-order valence-electron chi connectivity index (χ3n) is 5.08. The fraction of sp³-hybridized carbons (Fsp3) is 0.375. The van der Waals surface area contributed by atoms with Gasteiger partial charge in [0.25, 0.3) is 0 Å². The third-order valence-corrected chi connectivity index (χ3v) is 6.48. The largest absolute Gasteiger partial charge is 0.352 e. The van der Waals surface area contributed by atoms with Crippen LogP contribution in [0.25, 0.3) is 0 Å². The Bertz CT molecular complexity index is 1150. The lowest BCUT2D eigenvalue weighted by atomic mass is 10.1. The maximum absolute atomic E-state index is 13.4. The molecule has 10 heteroatoms. The average Bonchev–Trinajstić information content (AvgIpc) is 2.75. The fourth-order valence-corrected chi connectivity index (χ4v) is 4.24. The smallest absolute Gasteiger partial charge is 0.244 e. The molecule has 2 rings (SSSR count). The molecule has 1 atom stereocenters. The predicted octanol–water partition coefficient (Wildman–Crippen LogP) is 3.25. The van der Waals surface area contributed by atoms with Crippen LogP contribution in [0.2, 0.25) is 5.02 Å². The minimum atomic E-state index is -3.88. The number of halogens is 1. The highest BCUT2D eigenvalue weighted by Crippen LogP contribution is 2.21.